The molecule has 18 rings (SSSR count). The van der Waals surface area contributed by atoms with Gasteiger partial charge in [0.2, 0.25) is 11.8 Å². The Bertz CT molecular complexity index is 3890. The molecule has 15 unspecified atom stereocenters. The van der Waals surface area contributed by atoms with E-state index in [0.29, 0.717) is 59.5 Å². The average molecular weight is 1340 g/mol. The van der Waals surface area contributed by atoms with Crippen molar-refractivity contribution in [3.05, 3.63) is 89.5 Å². The molecular formula is C76H97N3O18. The van der Waals surface area contributed by atoms with Gasteiger partial charge in [0, 0.05) is 53.3 Å². The van der Waals surface area contributed by atoms with Crippen LogP contribution >= 0.6 is 0 Å². The maximum atomic E-state index is 13.2. The maximum absolute atomic E-state index is 13.2. The summed E-state index contributed by atoms with van der Waals surface area (Å²) in [7, 11) is 0. The highest BCUT2D eigenvalue weighted by molar-refractivity contribution is 6.01. The number of carbonyl (C=O) groups excluding carboxylic acids is 5. The summed E-state index contributed by atoms with van der Waals surface area (Å²) in [4.78, 5) is 86.8. The highest BCUT2D eigenvalue weighted by Gasteiger charge is 2.77. The number of aliphatic carboxylic acids is 1. The molecule has 6 heterocycles. The van der Waals surface area contributed by atoms with Gasteiger partial charge in [-0.1, -0.05) is 79.3 Å². The lowest BCUT2D eigenvalue weighted by Crippen LogP contribution is -2.58. The van der Waals surface area contributed by atoms with Crippen molar-refractivity contribution >= 4 is 58.2 Å². The molecule has 12 N–H and O–H groups in total. The minimum absolute atomic E-state index is 0. The summed E-state index contributed by atoms with van der Waals surface area (Å²) in [5.74, 6) is -1.61. The number of nitrogen functional groups attached to an aromatic ring is 1. The number of hydrogen-bond donors (Lipinski definition) is 11. The summed E-state index contributed by atoms with van der Waals surface area (Å²) < 4.78 is 19.5. The number of rotatable bonds is 12. The Labute approximate surface area is 566 Å². The Kier molecular flexibility index (Phi) is 17.3. The highest BCUT2D eigenvalue weighted by atomic mass is 16.5. The fraction of sp³-hybridized carbons (Fsp3) is 0.592. The highest BCUT2D eigenvalue weighted by Crippen LogP contribution is 2.76. The molecule has 21 atom stereocenters. The number of phenols is 6. The molecule has 15 aliphatic rings. The third-order valence-corrected chi connectivity index (χ3v) is 26.4. The predicted octanol–water partition coefficient (Wildman–Crippen LogP) is 12.0. The minimum atomic E-state index is -1.38. The summed E-state index contributed by atoms with van der Waals surface area (Å²) >= 11 is 0. The van der Waals surface area contributed by atoms with Crippen molar-refractivity contribution in [2.45, 2.75) is 196 Å². The number of hydrogen-bond acceptors (Lipinski definition) is 17. The second kappa shape index (κ2) is 23.7. The number of carboxylic acids is 2. The lowest BCUT2D eigenvalue weighted by Gasteiger charge is -2.56. The fourth-order valence-corrected chi connectivity index (χ4v) is 22.0. The van der Waals surface area contributed by atoms with Crippen molar-refractivity contribution in [3.8, 4) is 34.5 Å². The van der Waals surface area contributed by atoms with Gasteiger partial charge in [0.15, 0.2) is 23.1 Å². The summed E-state index contributed by atoms with van der Waals surface area (Å²) in [6.07, 6.45) is 18.8. The normalized spacial score (nSPS) is 40.5. The van der Waals surface area contributed by atoms with Crippen molar-refractivity contribution in [2.75, 3.05) is 16.4 Å². The quantitative estimate of drug-likeness (QED) is 0.0593. The zero-order chi connectivity index (χ0) is 69.9. The number of phenolic OH excluding ortho intramolecular Hbond substituents is 5. The van der Waals surface area contributed by atoms with Crippen LogP contribution in [0.2, 0.25) is 0 Å². The zero-order valence-corrected chi connectivity index (χ0v) is 56.6. The molecule has 3 aromatic rings. The Hall–Kier alpha value is -7.75. The van der Waals surface area contributed by atoms with E-state index in [4.69, 9.17) is 35.3 Å². The van der Waals surface area contributed by atoms with E-state index in [0.717, 1.165) is 50.7 Å². The number of benzene rings is 3. The molecule has 2 amide bonds. The van der Waals surface area contributed by atoms with E-state index in [1.807, 2.05) is 20.8 Å². The molecule has 3 spiro atoms. The van der Waals surface area contributed by atoms with Gasteiger partial charge in [0.25, 0.3) is 0 Å². The Morgan fingerprint density at radius 1 is 0.495 bits per heavy atom. The second-order valence-corrected chi connectivity index (χ2v) is 32.1. The Balaban J connectivity index is 0.000000139. The number of nitrogens with two attached hydrogens (primary N) is 1. The van der Waals surface area contributed by atoms with Crippen LogP contribution in [0.5, 0.6) is 34.5 Å². The third kappa shape index (κ3) is 10.7. The number of nitrogens with one attached hydrogen (secondary N) is 2. The maximum Gasteiger partial charge on any atom is 0.339 e. The van der Waals surface area contributed by atoms with Crippen LogP contribution < -0.4 is 16.4 Å². The van der Waals surface area contributed by atoms with Crippen LogP contribution in [0.25, 0.3) is 0 Å². The first kappa shape index (κ1) is 70.6. The molecule has 524 valence electrons. The first-order chi connectivity index (χ1) is 44.8. The molecule has 97 heavy (non-hydrogen) atoms. The topological polar surface area (TPSA) is 359 Å². The van der Waals surface area contributed by atoms with E-state index in [1.165, 1.54) is 12.1 Å². The zero-order valence-electron chi connectivity index (χ0n) is 56.6. The first-order valence-corrected chi connectivity index (χ1v) is 33.9. The number of ketones is 3. The van der Waals surface area contributed by atoms with Crippen LogP contribution in [0.15, 0.2) is 72.9 Å². The molecule has 0 aromatic heterocycles. The van der Waals surface area contributed by atoms with Gasteiger partial charge in [0.1, 0.15) is 51.4 Å². The molecule has 0 radical (unpaired) electrons. The van der Waals surface area contributed by atoms with Gasteiger partial charge in [-0.2, -0.15) is 0 Å². The standard InChI is InChI=1S/C25H29NO7.C25H31NO5.C18H24O4.C7H9NO2.CH4/c1-12-14-10-25-9-6-16(28)23(2,21(25)20(12)33-24(14,3)11-25)8-7-17(29)26-18-15(27)5-4-13(19(18)30)22(31)32;1-13-5-6-16(27)19(20(13)30)26-18(29)8-9-23(3)17(28)7-10-25-11-15-14(2)21(22(23)25)31-24(15,4)12-25;1-10-11-8-18-7-4-12(19)16(2,6-5-13(20)21)15(18)14(10)22-17(11,3)9-18;1-4-2-3-5(9)6(8)7(4)10;/h4-6,9,12,14,20-21,27,30H,7-8,10-11H2,1-3H3,(H,26,29)(H,31,32);5-7,10,14-15,21-22,27,30H,8-9,11-12H2,1-4H3,(H,26,29);4,7,10-11,14-15H,5-6,8-9H2,1-3H3,(H,20,21);2-3,9-10H,8H2,1H3;1H4/t12-,14?,20?,21?,23+,24?,25?;14-,15?,21?,22?,23+,24?,25?;10-,11?,14?,15?,16+,17?,18?;;/m000../s1. The van der Waals surface area contributed by atoms with Gasteiger partial charge in [-0.25, -0.2) is 4.79 Å². The molecule has 21 heteroatoms. The molecular weight excluding hydrogens is 1240 g/mol. The predicted molar refractivity (Wildman–Crippen MR) is 360 cm³/mol. The van der Waals surface area contributed by atoms with Crippen molar-refractivity contribution < 1.29 is 88.6 Å². The van der Waals surface area contributed by atoms with Gasteiger partial charge in [-0.05, 0) is 198 Å². The monoisotopic (exact) mass is 1340 g/mol. The first-order valence-electron chi connectivity index (χ1n) is 33.9. The number of carbonyl (C=O) groups is 7. The van der Waals surface area contributed by atoms with E-state index in [-0.39, 0.29) is 166 Å². The number of carboxylic acid groups (broad SMARTS) is 2. The molecule has 3 aromatic carbocycles. The fourth-order valence-electron chi connectivity index (χ4n) is 22.0. The number of allylic oxidation sites excluding steroid dienone is 6. The van der Waals surface area contributed by atoms with E-state index in [2.05, 4.69) is 70.4 Å². The molecule has 6 saturated carbocycles. The number of aryl methyl sites for hydroxylation is 2. The molecule has 9 aliphatic carbocycles. The molecule has 12 bridgehead atoms. The van der Waals surface area contributed by atoms with Crippen LogP contribution in [-0.2, 0) is 43.0 Å². The summed E-state index contributed by atoms with van der Waals surface area (Å²) in [5, 5.41) is 81.8. The van der Waals surface area contributed by atoms with Gasteiger partial charge >= 0.3 is 11.9 Å². The number of amides is 2. The van der Waals surface area contributed by atoms with Crippen molar-refractivity contribution in [1.29, 1.82) is 0 Å². The Morgan fingerprint density at radius 3 is 1.16 bits per heavy atom. The van der Waals surface area contributed by atoms with E-state index < -0.39 is 51.2 Å². The summed E-state index contributed by atoms with van der Waals surface area (Å²) in [5.41, 5.74) is 3.31. The van der Waals surface area contributed by atoms with Gasteiger partial charge in [-0.15, -0.1) is 0 Å². The van der Waals surface area contributed by atoms with Crippen LogP contribution in [0.4, 0.5) is 17.1 Å². The lowest BCUT2D eigenvalue weighted by molar-refractivity contribution is -0.175. The molecule has 21 nitrogen and oxygen atoms in total. The van der Waals surface area contributed by atoms with Crippen LogP contribution in [-0.4, -0.2) is 117 Å². The van der Waals surface area contributed by atoms with E-state index >= 15 is 0 Å². The van der Waals surface area contributed by atoms with Crippen LogP contribution in [0, 0.1) is 99.6 Å². The van der Waals surface area contributed by atoms with Gasteiger partial charge < -0.3 is 71.4 Å². The van der Waals surface area contributed by atoms with E-state index in [9.17, 15) is 59.1 Å². The smallest absolute Gasteiger partial charge is 0.339 e. The van der Waals surface area contributed by atoms with Crippen molar-refractivity contribution in [2.24, 2.45) is 85.8 Å². The number of anilines is 3. The Morgan fingerprint density at radius 2 is 0.825 bits per heavy atom. The van der Waals surface area contributed by atoms with Crippen molar-refractivity contribution in [3.63, 3.8) is 0 Å². The van der Waals surface area contributed by atoms with E-state index in [1.54, 1.807) is 44.2 Å². The molecule has 6 saturated heterocycles. The summed E-state index contributed by atoms with van der Waals surface area (Å²) in [6, 6.07) is 8.23. The number of ether oxygens (including phenoxy) is 3. The second-order valence-electron chi connectivity index (χ2n) is 32.1. The average Bonchev–Trinajstić information content (AvgIpc) is 1.53. The van der Waals surface area contributed by atoms with Crippen LogP contribution in [0.3, 0.4) is 0 Å². The lowest BCUT2D eigenvalue weighted by atomic mass is 9.49. The molecule has 12 fully saturated rings. The number of aromatic hydroxyl groups is 6. The molecule has 6 aliphatic heterocycles. The number of aromatic carboxylic acids is 1. The van der Waals surface area contributed by atoms with Crippen LogP contribution in [0.1, 0.15) is 168 Å². The largest absolute Gasteiger partial charge is 0.506 e. The third-order valence-electron chi connectivity index (χ3n) is 26.4. The summed E-state index contributed by atoms with van der Waals surface area (Å²) in [6.45, 7) is 22.6. The SMILES string of the molecule is C.C[C@@H]1C2OC3(C)CC4(C=CC(=O)[C@@](C)(CCC(=O)Nc5c(O)ccc(C(=O)O)c5O)C24)CC13.C[C@@H]1C2OC3(C)CC4(C=CC(=O)[C@@](C)(CCC(=O)O)C24)CC13.Cc1ccc(O)c(N)c1O.Cc1ccc(O)c(NC(=O)CC[C@]2(C)C(=O)C=CC34CC5[C@H](C)C(OC5(C)C3)C42)c1O. The van der Waals surface area contributed by atoms with Gasteiger partial charge in [0.05, 0.1) is 35.1 Å². The van der Waals surface area contributed by atoms with Crippen molar-refractivity contribution in [1.82, 2.24) is 0 Å². The minimum Gasteiger partial charge on any atom is -0.506 e. The van der Waals surface area contributed by atoms with Gasteiger partial charge in [-0.3, -0.25) is 28.8 Å².